The van der Waals surface area contributed by atoms with Gasteiger partial charge in [0, 0.05) is 30.8 Å². The lowest BCUT2D eigenvalue weighted by Crippen LogP contribution is -2.40. The maximum atomic E-state index is 12.6. The third kappa shape index (κ3) is 6.95. The predicted molar refractivity (Wildman–Crippen MR) is 141 cm³/mol. The molecule has 37 heavy (non-hydrogen) atoms. The Hall–Kier alpha value is -4.18. The zero-order valence-corrected chi connectivity index (χ0v) is 20.9. The van der Waals surface area contributed by atoms with Gasteiger partial charge in [0.25, 0.3) is 11.8 Å². The molecule has 1 aliphatic heterocycles. The Kier molecular flexibility index (Phi) is 8.52. The van der Waals surface area contributed by atoms with Crippen LogP contribution in [0.4, 0.5) is 16.3 Å². The van der Waals surface area contributed by atoms with Crippen LogP contribution in [-0.4, -0.2) is 59.0 Å². The van der Waals surface area contributed by atoms with Crippen LogP contribution < -0.4 is 16.4 Å². The van der Waals surface area contributed by atoms with Gasteiger partial charge in [-0.25, -0.2) is 9.78 Å². The van der Waals surface area contributed by atoms with E-state index in [0.717, 1.165) is 24.8 Å². The number of aromatic amines is 1. The van der Waals surface area contributed by atoms with Crippen LogP contribution >= 0.6 is 0 Å². The molecule has 4 rings (SSSR count). The molecule has 1 fully saturated rings. The number of aromatic nitrogens is 2. The van der Waals surface area contributed by atoms with Crippen LogP contribution in [0.5, 0.6) is 0 Å². The average Bonchev–Trinajstić information content (AvgIpc) is 3.31. The smallest absolute Gasteiger partial charge is 0.324 e. The monoisotopic (exact) mass is 504 g/mol. The van der Waals surface area contributed by atoms with Crippen molar-refractivity contribution in [1.82, 2.24) is 14.9 Å². The van der Waals surface area contributed by atoms with E-state index in [1.165, 1.54) is 5.56 Å². The summed E-state index contributed by atoms with van der Waals surface area (Å²) in [6, 6.07) is 14.3. The number of anilines is 2. The number of carbonyl (C=O) groups excluding carboxylic acids is 3. The number of H-pyrrole nitrogens is 1. The number of ether oxygens (including phenoxy) is 1. The van der Waals surface area contributed by atoms with E-state index < -0.39 is 11.9 Å². The number of carbonyl (C=O) groups is 3. The first-order chi connectivity index (χ1) is 17.9. The quantitative estimate of drug-likeness (QED) is 0.352. The van der Waals surface area contributed by atoms with Gasteiger partial charge >= 0.3 is 6.03 Å². The molecule has 10 nitrogen and oxygen atoms in total. The average molecular weight is 505 g/mol. The zero-order valence-electron chi connectivity index (χ0n) is 20.9. The molecule has 0 aliphatic carbocycles. The standard InChI is InChI=1S/C27H32N6O4/c1-2-3-4-18-7-11-21(12-8-18)29-27(36)32-25-23(24(28)34)30-22(31-25)17-19-5-9-20(10-6-19)26(35)33-13-15-37-16-14-33/h5-12H,2-4,13-17H2,1H3,(H2,28,34)(H,30,31)(H2,29,32,36). The van der Waals surface area contributed by atoms with Crippen LogP contribution in [0.1, 0.15) is 57.6 Å². The van der Waals surface area contributed by atoms with Crippen molar-refractivity contribution in [2.24, 2.45) is 5.73 Å². The van der Waals surface area contributed by atoms with E-state index in [1.54, 1.807) is 17.0 Å². The topological polar surface area (TPSA) is 142 Å². The number of unbranched alkanes of at least 4 members (excludes halogenated alkanes) is 1. The maximum Gasteiger partial charge on any atom is 0.324 e. The van der Waals surface area contributed by atoms with Crippen LogP contribution in [-0.2, 0) is 17.6 Å². The number of amides is 4. The summed E-state index contributed by atoms with van der Waals surface area (Å²) in [4.78, 5) is 46.2. The number of benzene rings is 2. The van der Waals surface area contributed by atoms with E-state index in [4.69, 9.17) is 10.5 Å². The van der Waals surface area contributed by atoms with Crippen LogP contribution in [0, 0.1) is 0 Å². The number of hydrogen-bond acceptors (Lipinski definition) is 5. The van der Waals surface area contributed by atoms with Crippen molar-refractivity contribution in [2.45, 2.75) is 32.6 Å². The number of primary amides is 1. The maximum absolute atomic E-state index is 12.6. The van der Waals surface area contributed by atoms with Gasteiger partial charge in [0.05, 0.1) is 13.2 Å². The molecule has 4 amide bonds. The molecule has 1 saturated heterocycles. The molecule has 2 heterocycles. The molecular formula is C27H32N6O4. The van der Waals surface area contributed by atoms with E-state index >= 15 is 0 Å². The molecule has 0 radical (unpaired) electrons. The van der Waals surface area contributed by atoms with Crippen molar-refractivity contribution in [3.8, 4) is 0 Å². The van der Waals surface area contributed by atoms with Gasteiger partial charge in [0.15, 0.2) is 5.82 Å². The van der Waals surface area contributed by atoms with Gasteiger partial charge in [-0.15, -0.1) is 0 Å². The Morgan fingerprint density at radius 3 is 2.32 bits per heavy atom. The number of rotatable bonds is 9. The van der Waals surface area contributed by atoms with E-state index in [2.05, 4.69) is 27.5 Å². The molecule has 5 N–H and O–H groups in total. The minimum atomic E-state index is -0.735. The van der Waals surface area contributed by atoms with E-state index in [1.807, 2.05) is 36.4 Å². The van der Waals surface area contributed by atoms with E-state index in [-0.39, 0.29) is 17.4 Å². The summed E-state index contributed by atoms with van der Waals surface area (Å²) in [5.41, 5.74) is 8.82. The summed E-state index contributed by atoms with van der Waals surface area (Å²) in [6.07, 6.45) is 3.58. The summed E-state index contributed by atoms with van der Waals surface area (Å²) < 4.78 is 5.30. The molecule has 0 bridgehead atoms. The minimum Gasteiger partial charge on any atom is -0.378 e. The van der Waals surface area contributed by atoms with Crippen LogP contribution in [0.3, 0.4) is 0 Å². The van der Waals surface area contributed by atoms with Gasteiger partial charge in [-0.05, 0) is 48.2 Å². The molecule has 3 aromatic rings. The summed E-state index contributed by atoms with van der Waals surface area (Å²) >= 11 is 0. The molecule has 10 heteroatoms. The van der Waals surface area contributed by atoms with Crippen molar-refractivity contribution in [3.05, 3.63) is 76.7 Å². The highest BCUT2D eigenvalue weighted by Crippen LogP contribution is 2.18. The number of morpholine rings is 1. The highest BCUT2D eigenvalue weighted by molar-refractivity contribution is 6.04. The molecule has 0 saturated carbocycles. The van der Waals surface area contributed by atoms with Crippen LogP contribution in [0.2, 0.25) is 0 Å². The summed E-state index contributed by atoms with van der Waals surface area (Å²) in [5, 5.41) is 5.35. The van der Waals surface area contributed by atoms with Crippen LogP contribution in [0.15, 0.2) is 48.5 Å². The second-order valence-electron chi connectivity index (χ2n) is 8.93. The molecule has 1 aromatic heterocycles. The molecule has 0 spiro atoms. The third-order valence-electron chi connectivity index (χ3n) is 6.13. The highest BCUT2D eigenvalue weighted by atomic mass is 16.5. The number of nitrogens with two attached hydrogens (primary N) is 1. The van der Waals surface area contributed by atoms with Crippen molar-refractivity contribution in [3.63, 3.8) is 0 Å². The lowest BCUT2D eigenvalue weighted by molar-refractivity contribution is 0.0303. The highest BCUT2D eigenvalue weighted by Gasteiger charge is 2.20. The molecule has 0 atom stereocenters. The Balaban J connectivity index is 1.38. The predicted octanol–water partition coefficient (Wildman–Crippen LogP) is 3.56. The third-order valence-corrected chi connectivity index (χ3v) is 6.13. The fraction of sp³-hybridized carbons (Fsp3) is 0.333. The Labute approximate surface area is 215 Å². The second kappa shape index (κ2) is 12.2. The molecule has 194 valence electrons. The van der Waals surface area contributed by atoms with Gasteiger partial charge in [-0.3, -0.25) is 14.9 Å². The number of nitrogens with zero attached hydrogens (tertiary/aromatic N) is 2. The lowest BCUT2D eigenvalue weighted by atomic mass is 10.1. The van der Waals surface area contributed by atoms with Crippen molar-refractivity contribution < 1.29 is 19.1 Å². The van der Waals surface area contributed by atoms with Gasteiger partial charge in [-0.2, -0.15) is 0 Å². The van der Waals surface area contributed by atoms with Gasteiger partial charge in [0.2, 0.25) is 0 Å². The number of urea groups is 1. The molecule has 1 aliphatic rings. The first kappa shape index (κ1) is 25.9. The van der Waals surface area contributed by atoms with Crippen molar-refractivity contribution in [2.75, 3.05) is 36.9 Å². The fourth-order valence-electron chi connectivity index (χ4n) is 4.09. The Morgan fingerprint density at radius 2 is 1.68 bits per heavy atom. The fourth-order valence-corrected chi connectivity index (χ4v) is 4.09. The largest absolute Gasteiger partial charge is 0.378 e. The first-order valence-corrected chi connectivity index (χ1v) is 12.4. The second-order valence-corrected chi connectivity index (χ2v) is 8.93. The molecule has 2 aromatic carbocycles. The number of hydrogen-bond donors (Lipinski definition) is 4. The Morgan fingerprint density at radius 1 is 1.00 bits per heavy atom. The van der Waals surface area contributed by atoms with Crippen LogP contribution in [0.25, 0.3) is 0 Å². The van der Waals surface area contributed by atoms with Crippen molar-refractivity contribution in [1.29, 1.82) is 0 Å². The number of nitrogens with one attached hydrogen (secondary N) is 3. The normalized spacial score (nSPS) is 13.3. The Bertz CT molecular complexity index is 1230. The number of imidazole rings is 1. The minimum absolute atomic E-state index is 0.0131. The summed E-state index contributed by atoms with van der Waals surface area (Å²) in [5.74, 6) is -0.256. The SMILES string of the molecule is CCCCc1ccc(NC(=O)Nc2nc(Cc3ccc(C(=O)N4CCOCC4)cc3)[nH]c2C(N)=O)cc1. The number of aryl methyl sites for hydroxylation is 1. The van der Waals surface area contributed by atoms with Gasteiger partial charge in [0.1, 0.15) is 11.5 Å². The summed E-state index contributed by atoms with van der Waals surface area (Å²) in [7, 11) is 0. The van der Waals surface area contributed by atoms with E-state index in [0.29, 0.717) is 49.8 Å². The summed E-state index contributed by atoms with van der Waals surface area (Å²) in [6.45, 7) is 4.40. The lowest BCUT2D eigenvalue weighted by Gasteiger charge is -2.26. The van der Waals surface area contributed by atoms with Gasteiger partial charge < -0.3 is 25.7 Å². The van der Waals surface area contributed by atoms with E-state index in [9.17, 15) is 14.4 Å². The molecular weight excluding hydrogens is 472 g/mol. The van der Waals surface area contributed by atoms with Crippen molar-refractivity contribution >= 4 is 29.4 Å². The zero-order chi connectivity index (χ0) is 26.2. The van der Waals surface area contributed by atoms with Gasteiger partial charge in [-0.1, -0.05) is 37.6 Å². The molecule has 0 unspecified atom stereocenters. The first-order valence-electron chi connectivity index (χ1n) is 12.4.